The Hall–Kier alpha value is -1.43. The first kappa shape index (κ1) is 16.9. The van der Waals surface area contributed by atoms with Crippen molar-refractivity contribution in [1.29, 1.82) is 0 Å². The smallest absolute Gasteiger partial charge is 0.245 e. The van der Waals surface area contributed by atoms with E-state index >= 15 is 0 Å². The number of carbonyl (C=O) groups excluding carboxylic acids is 2. The number of aromatic nitrogens is 1. The van der Waals surface area contributed by atoms with Gasteiger partial charge < -0.3 is 9.80 Å². The standard InChI is InChI=1S/C16H25N3O2S/c1-5-18(6-2)16(21)14-8-7-9-19(14)15(20)10-13-11(3)22-12(4)17-13/h14H,5-10H2,1-4H3/t14-/m0/s1. The van der Waals surface area contributed by atoms with Gasteiger partial charge in [-0.25, -0.2) is 4.98 Å². The summed E-state index contributed by atoms with van der Waals surface area (Å²) in [6.45, 7) is 9.97. The van der Waals surface area contributed by atoms with E-state index in [0.717, 1.165) is 28.4 Å². The first-order valence-electron chi connectivity index (χ1n) is 7.99. The van der Waals surface area contributed by atoms with Crippen LogP contribution in [0.5, 0.6) is 0 Å². The Kier molecular flexibility index (Phi) is 5.56. The molecule has 0 aliphatic carbocycles. The number of aryl methyl sites for hydroxylation is 2. The molecule has 0 radical (unpaired) electrons. The number of likely N-dealkylation sites (tertiary alicyclic amines) is 1. The van der Waals surface area contributed by atoms with Gasteiger partial charge in [0.15, 0.2) is 0 Å². The molecule has 2 amide bonds. The van der Waals surface area contributed by atoms with E-state index in [2.05, 4.69) is 4.98 Å². The van der Waals surface area contributed by atoms with Crippen LogP contribution in [0.4, 0.5) is 0 Å². The first-order valence-corrected chi connectivity index (χ1v) is 8.80. The van der Waals surface area contributed by atoms with Gasteiger partial charge in [0.05, 0.1) is 17.1 Å². The molecule has 1 aromatic rings. The van der Waals surface area contributed by atoms with Crippen LogP contribution < -0.4 is 0 Å². The zero-order chi connectivity index (χ0) is 16.3. The minimum absolute atomic E-state index is 0.0245. The molecule has 22 heavy (non-hydrogen) atoms. The lowest BCUT2D eigenvalue weighted by Crippen LogP contribution is -2.48. The van der Waals surface area contributed by atoms with Crippen molar-refractivity contribution in [2.75, 3.05) is 19.6 Å². The van der Waals surface area contributed by atoms with Crippen LogP contribution in [-0.2, 0) is 16.0 Å². The van der Waals surface area contributed by atoms with Crippen LogP contribution in [0.15, 0.2) is 0 Å². The molecule has 1 atom stereocenters. The minimum Gasteiger partial charge on any atom is -0.341 e. The Morgan fingerprint density at radius 2 is 2.00 bits per heavy atom. The van der Waals surface area contributed by atoms with Crippen molar-refractivity contribution in [3.05, 3.63) is 15.6 Å². The Morgan fingerprint density at radius 1 is 1.32 bits per heavy atom. The highest BCUT2D eigenvalue weighted by Crippen LogP contribution is 2.23. The van der Waals surface area contributed by atoms with Gasteiger partial charge in [-0.15, -0.1) is 11.3 Å². The molecule has 1 fully saturated rings. The lowest BCUT2D eigenvalue weighted by molar-refractivity contribution is -0.143. The van der Waals surface area contributed by atoms with Gasteiger partial charge in [0, 0.05) is 24.5 Å². The van der Waals surface area contributed by atoms with Crippen molar-refractivity contribution in [2.45, 2.75) is 53.0 Å². The largest absolute Gasteiger partial charge is 0.341 e. The van der Waals surface area contributed by atoms with Crippen LogP contribution in [0, 0.1) is 13.8 Å². The van der Waals surface area contributed by atoms with E-state index in [4.69, 9.17) is 0 Å². The zero-order valence-corrected chi connectivity index (χ0v) is 14.7. The van der Waals surface area contributed by atoms with Crippen LogP contribution in [-0.4, -0.2) is 52.3 Å². The Bertz CT molecular complexity index is 552. The van der Waals surface area contributed by atoms with Gasteiger partial charge in [-0.3, -0.25) is 9.59 Å². The number of thiazole rings is 1. The van der Waals surface area contributed by atoms with E-state index in [1.54, 1.807) is 16.2 Å². The first-order chi connectivity index (χ1) is 10.5. The fraction of sp³-hybridized carbons (Fsp3) is 0.688. The van der Waals surface area contributed by atoms with Crippen molar-refractivity contribution in [3.63, 3.8) is 0 Å². The molecule has 1 aliphatic heterocycles. The maximum atomic E-state index is 12.6. The third-order valence-electron chi connectivity index (χ3n) is 4.25. The predicted molar refractivity (Wildman–Crippen MR) is 88.0 cm³/mol. The molecule has 0 N–H and O–H groups in total. The van der Waals surface area contributed by atoms with E-state index < -0.39 is 0 Å². The fourth-order valence-corrected chi connectivity index (χ4v) is 3.88. The van der Waals surface area contributed by atoms with E-state index in [0.29, 0.717) is 26.1 Å². The highest BCUT2D eigenvalue weighted by molar-refractivity contribution is 7.11. The van der Waals surface area contributed by atoms with Crippen molar-refractivity contribution >= 4 is 23.2 Å². The van der Waals surface area contributed by atoms with Crippen LogP contribution in [0.25, 0.3) is 0 Å². The third-order valence-corrected chi connectivity index (χ3v) is 5.18. The number of rotatable bonds is 5. The topological polar surface area (TPSA) is 53.5 Å². The molecule has 1 saturated heterocycles. The van der Waals surface area contributed by atoms with Gasteiger partial charge in [-0.1, -0.05) is 0 Å². The molecule has 0 saturated carbocycles. The summed E-state index contributed by atoms with van der Waals surface area (Å²) in [6.07, 6.45) is 1.98. The van der Waals surface area contributed by atoms with Crippen molar-refractivity contribution in [3.8, 4) is 0 Å². The van der Waals surface area contributed by atoms with Crippen LogP contribution >= 0.6 is 11.3 Å². The molecule has 2 heterocycles. The van der Waals surface area contributed by atoms with Crippen LogP contribution in [0.2, 0.25) is 0 Å². The lowest BCUT2D eigenvalue weighted by Gasteiger charge is -2.29. The molecule has 1 aliphatic rings. The van der Waals surface area contributed by atoms with Crippen LogP contribution in [0.3, 0.4) is 0 Å². The molecule has 6 heteroatoms. The quantitative estimate of drug-likeness (QED) is 0.834. The monoisotopic (exact) mass is 323 g/mol. The lowest BCUT2D eigenvalue weighted by atomic mass is 10.1. The van der Waals surface area contributed by atoms with E-state index in [1.165, 1.54) is 0 Å². The Morgan fingerprint density at radius 3 is 2.55 bits per heavy atom. The summed E-state index contributed by atoms with van der Waals surface area (Å²) in [7, 11) is 0. The fourth-order valence-electron chi connectivity index (χ4n) is 3.05. The maximum Gasteiger partial charge on any atom is 0.245 e. The number of nitrogens with zero attached hydrogens (tertiary/aromatic N) is 3. The summed E-state index contributed by atoms with van der Waals surface area (Å²) in [5.74, 6) is 0.110. The second-order valence-corrected chi connectivity index (χ2v) is 7.08. The highest BCUT2D eigenvalue weighted by atomic mass is 32.1. The number of carbonyl (C=O) groups is 2. The van der Waals surface area contributed by atoms with E-state index in [1.807, 2.05) is 32.6 Å². The van der Waals surface area contributed by atoms with Gasteiger partial charge in [0.2, 0.25) is 11.8 Å². The summed E-state index contributed by atoms with van der Waals surface area (Å²) in [5.41, 5.74) is 0.855. The van der Waals surface area contributed by atoms with Gasteiger partial charge in [0.1, 0.15) is 6.04 Å². The summed E-state index contributed by atoms with van der Waals surface area (Å²) >= 11 is 1.62. The summed E-state index contributed by atoms with van der Waals surface area (Å²) in [6, 6.07) is -0.285. The van der Waals surface area contributed by atoms with E-state index in [-0.39, 0.29) is 17.9 Å². The highest BCUT2D eigenvalue weighted by Gasteiger charge is 2.36. The second kappa shape index (κ2) is 7.22. The molecule has 5 nitrogen and oxygen atoms in total. The zero-order valence-electron chi connectivity index (χ0n) is 13.9. The Labute approximate surface area is 136 Å². The summed E-state index contributed by atoms with van der Waals surface area (Å²) < 4.78 is 0. The predicted octanol–water partition coefficient (Wildman–Crippen LogP) is 2.16. The Balaban J connectivity index is 2.08. The molecule has 1 aromatic heterocycles. The average molecular weight is 323 g/mol. The van der Waals surface area contributed by atoms with Crippen molar-refractivity contribution < 1.29 is 9.59 Å². The molecule has 122 valence electrons. The normalized spacial score (nSPS) is 17.8. The molecule has 0 aromatic carbocycles. The van der Waals surface area contributed by atoms with Gasteiger partial charge in [0.25, 0.3) is 0 Å². The van der Waals surface area contributed by atoms with Crippen molar-refractivity contribution in [1.82, 2.24) is 14.8 Å². The average Bonchev–Trinajstić information content (AvgIpc) is 3.07. The molecular weight excluding hydrogens is 298 g/mol. The van der Waals surface area contributed by atoms with Gasteiger partial charge in [-0.05, 0) is 40.5 Å². The van der Waals surface area contributed by atoms with Crippen LogP contribution in [0.1, 0.15) is 42.3 Å². The molecule has 2 rings (SSSR count). The molecule has 0 bridgehead atoms. The molecular formula is C16H25N3O2S. The molecule has 0 spiro atoms. The number of amides is 2. The summed E-state index contributed by atoms with van der Waals surface area (Å²) in [5, 5.41) is 0.984. The van der Waals surface area contributed by atoms with Crippen molar-refractivity contribution in [2.24, 2.45) is 0 Å². The number of hydrogen-bond acceptors (Lipinski definition) is 4. The van der Waals surface area contributed by atoms with Gasteiger partial charge in [-0.2, -0.15) is 0 Å². The number of likely N-dealkylation sites (N-methyl/N-ethyl adjacent to an activating group) is 1. The maximum absolute atomic E-state index is 12.6. The van der Waals surface area contributed by atoms with E-state index in [9.17, 15) is 9.59 Å². The molecule has 0 unspecified atom stereocenters. The second-order valence-electron chi connectivity index (χ2n) is 5.67. The third kappa shape index (κ3) is 3.48. The van der Waals surface area contributed by atoms with Gasteiger partial charge >= 0.3 is 0 Å². The summed E-state index contributed by atoms with van der Waals surface area (Å²) in [4.78, 5) is 34.3. The SMILES string of the molecule is CCN(CC)C(=O)[C@@H]1CCCN1C(=O)Cc1nc(C)sc1C. The number of hydrogen-bond donors (Lipinski definition) is 0. The minimum atomic E-state index is -0.285.